The Morgan fingerprint density at radius 1 is 1.35 bits per heavy atom. The molecule has 6 heteroatoms. The first-order valence-corrected chi connectivity index (χ1v) is 7.18. The monoisotopic (exact) mass is 322 g/mol. The molecule has 0 aromatic carbocycles. The number of carbonyl (C=O) groups is 3. The highest BCUT2D eigenvalue weighted by Gasteiger charge is 2.48. The lowest BCUT2D eigenvalue weighted by molar-refractivity contribution is -0.141. The van der Waals surface area contributed by atoms with Gasteiger partial charge in [-0.2, -0.15) is 0 Å². The van der Waals surface area contributed by atoms with Crippen molar-refractivity contribution in [2.75, 3.05) is 6.61 Å². The van der Waals surface area contributed by atoms with Crippen LogP contribution in [0.4, 0.5) is 0 Å². The average molecular weight is 322 g/mol. The molecule has 0 spiro atoms. The van der Waals surface area contributed by atoms with Crippen LogP contribution in [-0.4, -0.2) is 40.1 Å². The lowest BCUT2D eigenvalue weighted by Gasteiger charge is -2.44. The van der Waals surface area contributed by atoms with Gasteiger partial charge in [0.15, 0.2) is 5.78 Å². The van der Waals surface area contributed by atoms with Crippen LogP contribution in [0.3, 0.4) is 0 Å². The highest BCUT2D eigenvalue weighted by atomic mass is 16.5. The van der Waals surface area contributed by atoms with Crippen LogP contribution in [0.25, 0.3) is 0 Å². The van der Waals surface area contributed by atoms with Crippen LogP contribution in [0.1, 0.15) is 34.1 Å². The summed E-state index contributed by atoms with van der Waals surface area (Å²) in [4.78, 5) is 33.5. The molecular formula is C17H22O6. The fraction of sp³-hybridized carbons (Fsp3) is 0.471. The highest BCUT2D eigenvalue weighted by molar-refractivity contribution is 5.93. The molecule has 0 aromatic heterocycles. The molecule has 0 heterocycles. The third-order valence-corrected chi connectivity index (χ3v) is 3.84. The van der Waals surface area contributed by atoms with E-state index in [2.05, 4.69) is 0 Å². The Bertz CT molecular complexity index is 609. The lowest BCUT2D eigenvalue weighted by atomic mass is 9.64. The second kappa shape index (κ2) is 6.91. The van der Waals surface area contributed by atoms with Gasteiger partial charge in [-0.25, -0.2) is 4.79 Å². The maximum absolute atomic E-state index is 11.9. The second-order valence-corrected chi connectivity index (χ2v) is 6.30. The Labute approximate surface area is 135 Å². The molecule has 1 aliphatic carbocycles. The number of aliphatic carboxylic acids is 1. The number of aliphatic hydroxyl groups is 1. The van der Waals surface area contributed by atoms with Gasteiger partial charge >= 0.3 is 11.9 Å². The van der Waals surface area contributed by atoms with E-state index in [1.807, 2.05) is 0 Å². The number of carboxylic acids is 1. The molecule has 0 amide bonds. The van der Waals surface area contributed by atoms with E-state index in [-0.39, 0.29) is 24.4 Å². The smallest absolute Gasteiger partial charge is 0.328 e. The number of esters is 1. The molecular weight excluding hydrogens is 300 g/mol. The van der Waals surface area contributed by atoms with E-state index in [1.54, 1.807) is 20.8 Å². The molecule has 126 valence electrons. The van der Waals surface area contributed by atoms with Crippen molar-refractivity contribution < 1.29 is 29.3 Å². The number of hydrogen-bond acceptors (Lipinski definition) is 5. The van der Waals surface area contributed by atoms with E-state index in [0.29, 0.717) is 5.57 Å². The fourth-order valence-corrected chi connectivity index (χ4v) is 2.52. The quantitative estimate of drug-likeness (QED) is 0.455. The van der Waals surface area contributed by atoms with Crippen molar-refractivity contribution in [1.29, 1.82) is 0 Å². The number of allylic oxidation sites excluding steroid dienone is 3. The zero-order valence-electron chi connectivity index (χ0n) is 13.8. The minimum absolute atomic E-state index is 0.124. The van der Waals surface area contributed by atoms with Crippen molar-refractivity contribution in [1.82, 2.24) is 0 Å². The molecule has 2 N–H and O–H groups in total. The summed E-state index contributed by atoms with van der Waals surface area (Å²) in [7, 11) is 0. The normalized spacial score (nSPS) is 24.5. The molecule has 0 unspecified atom stereocenters. The van der Waals surface area contributed by atoms with Crippen molar-refractivity contribution in [2.24, 2.45) is 5.41 Å². The third kappa shape index (κ3) is 4.63. The van der Waals surface area contributed by atoms with Crippen LogP contribution in [0.2, 0.25) is 0 Å². The molecule has 23 heavy (non-hydrogen) atoms. The van der Waals surface area contributed by atoms with Gasteiger partial charge in [-0.05, 0) is 24.6 Å². The van der Waals surface area contributed by atoms with Gasteiger partial charge in [-0.15, -0.1) is 0 Å². The molecule has 1 aliphatic rings. The summed E-state index contributed by atoms with van der Waals surface area (Å²) in [5.41, 5.74) is -1.64. The lowest BCUT2D eigenvalue weighted by Crippen LogP contribution is -2.49. The van der Waals surface area contributed by atoms with E-state index >= 15 is 0 Å². The summed E-state index contributed by atoms with van der Waals surface area (Å²) in [6.45, 7) is 6.08. The average Bonchev–Trinajstić information content (AvgIpc) is 2.37. The molecule has 1 atom stereocenters. The second-order valence-electron chi connectivity index (χ2n) is 6.30. The summed E-state index contributed by atoms with van der Waals surface area (Å²) >= 11 is 0. The maximum Gasteiger partial charge on any atom is 0.328 e. The number of ketones is 1. The van der Waals surface area contributed by atoms with E-state index < -0.39 is 23.0 Å². The number of hydrogen-bond donors (Lipinski definition) is 2. The molecule has 0 fully saturated rings. The van der Waals surface area contributed by atoms with Crippen LogP contribution >= 0.6 is 0 Å². The topological polar surface area (TPSA) is 101 Å². The minimum Gasteiger partial charge on any atom is -0.478 e. The van der Waals surface area contributed by atoms with Crippen LogP contribution in [0.15, 0.2) is 35.5 Å². The van der Waals surface area contributed by atoms with E-state index in [4.69, 9.17) is 9.84 Å². The van der Waals surface area contributed by atoms with Gasteiger partial charge in [0.1, 0.15) is 12.2 Å². The Kier molecular flexibility index (Phi) is 5.66. The first-order chi connectivity index (χ1) is 10.5. The Morgan fingerprint density at radius 2 is 1.96 bits per heavy atom. The summed E-state index contributed by atoms with van der Waals surface area (Å²) in [5.74, 6) is -1.77. The Morgan fingerprint density at radius 3 is 2.48 bits per heavy atom. The fourth-order valence-electron chi connectivity index (χ4n) is 2.52. The zero-order chi connectivity index (χ0) is 17.8. The van der Waals surface area contributed by atoms with E-state index in [9.17, 15) is 19.5 Å². The SMILES string of the molecule is CC(=O)OCC1=CC(=O)CC(C)(C)[C@@]1(O)/C=C/C(C)=C\C(=O)O. The Balaban J connectivity index is 3.24. The molecule has 0 saturated carbocycles. The number of carboxylic acid groups (broad SMARTS) is 1. The van der Waals surface area contributed by atoms with Crippen molar-refractivity contribution >= 4 is 17.7 Å². The largest absolute Gasteiger partial charge is 0.478 e. The first-order valence-electron chi connectivity index (χ1n) is 7.18. The van der Waals surface area contributed by atoms with Crippen molar-refractivity contribution in [3.63, 3.8) is 0 Å². The van der Waals surface area contributed by atoms with E-state index in [0.717, 1.165) is 6.08 Å². The van der Waals surface area contributed by atoms with Crippen LogP contribution in [0, 0.1) is 5.41 Å². The highest BCUT2D eigenvalue weighted by Crippen LogP contribution is 2.44. The van der Waals surface area contributed by atoms with Gasteiger partial charge in [0.25, 0.3) is 0 Å². The Hall–Kier alpha value is -2.21. The minimum atomic E-state index is -1.52. The summed E-state index contributed by atoms with van der Waals surface area (Å²) < 4.78 is 4.93. The third-order valence-electron chi connectivity index (χ3n) is 3.84. The van der Waals surface area contributed by atoms with Gasteiger partial charge in [0.2, 0.25) is 0 Å². The zero-order valence-corrected chi connectivity index (χ0v) is 13.8. The summed E-state index contributed by atoms with van der Waals surface area (Å²) in [6, 6.07) is 0. The van der Waals surface area contributed by atoms with E-state index in [1.165, 1.54) is 25.2 Å². The predicted octanol–water partition coefficient (Wildman–Crippen LogP) is 1.79. The molecule has 6 nitrogen and oxygen atoms in total. The summed E-state index contributed by atoms with van der Waals surface area (Å²) in [5, 5.41) is 19.8. The first kappa shape index (κ1) is 18.8. The standard InChI is InChI=1S/C17H22O6/c1-11(7-15(20)21)5-6-17(22)13(10-23-12(2)18)8-14(19)9-16(17,3)4/h5-8,22H,9-10H2,1-4H3,(H,20,21)/b6-5+,11-7-/t17-/m1/s1. The molecule has 0 saturated heterocycles. The van der Waals surface area contributed by atoms with Gasteiger partial charge in [-0.3, -0.25) is 9.59 Å². The van der Waals surface area contributed by atoms with Gasteiger partial charge in [-0.1, -0.05) is 19.9 Å². The van der Waals surface area contributed by atoms with Crippen LogP contribution < -0.4 is 0 Å². The molecule has 0 aliphatic heterocycles. The van der Waals surface area contributed by atoms with Gasteiger partial charge in [0, 0.05) is 30.4 Å². The number of ether oxygens (including phenoxy) is 1. The van der Waals surface area contributed by atoms with Crippen molar-refractivity contribution in [2.45, 2.75) is 39.7 Å². The van der Waals surface area contributed by atoms with Gasteiger partial charge in [0.05, 0.1) is 0 Å². The van der Waals surface area contributed by atoms with Crippen molar-refractivity contribution in [3.8, 4) is 0 Å². The number of carbonyl (C=O) groups excluding carboxylic acids is 2. The molecule has 1 rings (SSSR count). The molecule has 0 aromatic rings. The predicted molar refractivity (Wildman–Crippen MR) is 83.6 cm³/mol. The van der Waals surface area contributed by atoms with Crippen LogP contribution in [0.5, 0.6) is 0 Å². The molecule has 0 radical (unpaired) electrons. The number of rotatable bonds is 5. The maximum atomic E-state index is 11.9. The van der Waals surface area contributed by atoms with Crippen molar-refractivity contribution in [3.05, 3.63) is 35.5 Å². The summed E-state index contributed by atoms with van der Waals surface area (Å²) in [6.07, 6.45) is 5.35. The van der Waals surface area contributed by atoms with Crippen LogP contribution in [-0.2, 0) is 19.1 Å². The van der Waals surface area contributed by atoms with Gasteiger partial charge < -0.3 is 14.9 Å². The molecule has 0 bridgehead atoms.